The summed E-state index contributed by atoms with van der Waals surface area (Å²) in [4.78, 5) is -0.0600. The number of aliphatic hydroxyl groups excluding tert-OH is 1. The van der Waals surface area contributed by atoms with E-state index in [-0.39, 0.29) is 34.5 Å². The van der Waals surface area contributed by atoms with Gasteiger partial charge in [0.25, 0.3) is 0 Å². The van der Waals surface area contributed by atoms with Gasteiger partial charge in [-0.3, -0.25) is 0 Å². The fraction of sp³-hybridized carbons (Fsp3) is 0.500. The highest BCUT2D eigenvalue weighted by Crippen LogP contribution is 2.27. The average molecular weight is 354 g/mol. The minimum atomic E-state index is -3.88. The molecule has 6 nitrogen and oxygen atoms in total. The summed E-state index contributed by atoms with van der Waals surface area (Å²) in [5, 5.41) is 9.17. The molecule has 0 spiro atoms. The van der Waals surface area contributed by atoms with Crippen LogP contribution in [-0.2, 0) is 26.5 Å². The molecule has 1 fully saturated rings. The maximum atomic E-state index is 12.3. The highest BCUT2D eigenvalue weighted by atomic mass is 35.5. The van der Waals surface area contributed by atoms with Crippen molar-refractivity contribution in [2.24, 2.45) is 0 Å². The van der Waals surface area contributed by atoms with Crippen LogP contribution in [0, 0.1) is 0 Å². The number of sulfonamides is 1. The van der Waals surface area contributed by atoms with E-state index in [2.05, 4.69) is 4.72 Å². The molecule has 1 saturated heterocycles. The van der Waals surface area contributed by atoms with E-state index in [0.29, 0.717) is 5.56 Å². The number of rotatable bonds is 4. The van der Waals surface area contributed by atoms with E-state index in [0.717, 1.165) is 0 Å². The van der Waals surface area contributed by atoms with E-state index in [9.17, 15) is 16.8 Å². The topological polar surface area (TPSA) is 101 Å². The summed E-state index contributed by atoms with van der Waals surface area (Å²) in [5.74, 6) is -0.252. The molecule has 1 aromatic carbocycles. The lowest BCUT2D eigenvalue weighted by Crippen LogP contribution is -2.46. The van der Waals surface area contributed by atoms with Gasteiger partial charge in [-0.05, 0) is 31.0 Å². The predicted octanol–water partition coefficient (Wildman–Crippen LogP) is 0.688. The molecule has 1 atom stereocenters. The Hall–Kier alpha value is -0.670. The van der Waals surface area contributed by atoms with E-state index in [4.69, 9.17) is 16.7 Å². The first-order valence-corrected chi connectivity index (χ1v) is 9.89. The van der Waals surface area contributed by atoms with E-state index in [1.54, 1.807) is 6.92 Å². The second kappa shape index (κ2) is 5.51. The van der Waals surface area contributed by atoms with Crippen molar-refractivity contribution < 1.29 is 21.9 Å². The third-order valence-electron chi connectivity index (χ3n) is 3.39. The monoisotopic (exact) mass is 353 g/mol. The van der Waals surface area contributed by atoms with E-state index in [1.807, 2.05) is 0 Å². The fourth-order valence-corrected chi connectivity index (χ4v) is 6.25. The van der Waals surface area contributed by atoms with Crippen LogP contribution in [0.25, 0.3) is 0 Å². The first-order chi connectivity index (χ1) is 9.57. The van der Waals surface area contributed by atoms with Crippen molar-refractivity contribution >= 4 is 31.5 Å². The van der Waals surface area contributed by atoms with Crippen LogP contribution in [-0.4, -0.2) is 39.0 Å². The summed E-state index contributed by atoms with van der Waals surface area (Å²) < 4.78 is 50.1. The Kier molecular flexibility index (Phi) is 4.38. The Balaban J connectivity index is 2.29. The van der Waals surface area contributed by atoms with Crippen molar-refractivity contribution in [1.29, 1.82) is 0 Å². The van der Waals surface area contributed by atoms with Gasteiger partial charge >= 0.3 is 0 Å². The zero-order valence-electron chi connectivity index (χ0n) is 11.3. The van der Waals surface area contributed by atoms with Crippen LogP contribution in [0.1, 0.15) is 18.9 Å². The zero-order valence-corrected chi connectivity index (χ0v) is 13.7. The second-order valence-electron chi connectivity index (χ2n) is 5.42. The lowest BCUT2D eigenvalue weighted by atomic mass is 10.0. The minimum Gasteiger partial charge on any atom is -0.392 e. The van der Waals surface area contributed by atoms with Gasteiger partial charge in [-0.2, -0.15) is 0 Å². The SMILES string of the molecule is CC1(NS(=O)(=O)c2ccc(CO)c(Cl)c2)CCS(=O)(=O)C1. The average Bonchev–Trinajstić information content (AvgIpc) is 2.62. The van der Waals surface area contributed by atoms with Crippen LogP contribution < -0.4 is 4.72 Å². The van der Waals surface area contributed by atoms with Gasteiger partial charge < -0.3 is 5.11 Å². The molecule has 0 bridgehead atoms. The zero-order chi connectivity index (χ0) is 15.9. The molecule has 0 saturated carbocycles. The van der Waals surface area contributed by atoms with Crippen LogP contribution in [0.5, 0.6) is 0 Å². The number of hydrogen-bond acceptors (Lipinski definition) is 5. The van der Waals surface area contributed by atoms with Crippen LogP contribution in [0.2, 0.25) is 5.02 Å². The Morgan fingerprint density at radius 2 is 2.10 bits per heavy atom. The minimum absolute atomic E-state index is 0.0315. The lowest BCUT2D eigenvalue weighted by Gasteiger charge is -2.23. The summed E-state index contributed by atoms with van der Waals surface area (Å²) in [6.07, 6.45) is 0.233. The number of nitrogens with one attached hydrogen (secondary N) is 1. The maximum absolute atomic E-state index is 12.3. The van der Waals surface area contributed by atoms with Gasteiger partial charge in [0.15, 0.2) is 9.84 Å². The molecule has 21 heavy (non-hydrogen) atoms. The van der Waals surface area contributed by atoms with Crippen LogP contribution in [0.3, 0.4) is 0 Å². The van der Waals surface area contributed by atoms with Gasteiger partial charge in [0, 0.05) is 10.6 Å². The molecule has 0 radical (unpaired) electrons. The fourth-order valence-electron chi connectivity index (χ4n) is 2.30. The standard InChI is InChI=1S/C12H16ClNO5S2/c1-12(4-5-20(16,17)8-12)14-21(18,19)10-3-2-9(7-15)11(13)6-10/h2-3,6,14-15H,4-5,7-8H2,1H3. The molecule has 2 N–H and O–H groups in total. The number of sulfone groups is 1. The van der Waals surface area contributed by atoms with Crippen LogP contribution >= 0.6 is 11.6 Å². The molecule has 1 aliphatic heterocycles. The third-order valence-corrected chi connectivity index (χ3v) is 7.28. The Labute approximate surface area is 129 Å². The molecule has 2 rings (SSSR count). The van der Waals surface area contributed by atoms with E-state index < -0.39 is 25.4 Å². The Morgan fingerprint density at radius 3 is 2.57 bits per heavy atom. The van der Waals surface area contributed by atoms with Gasteiger partial charge in [-0.15, -0.1) is 0 Å². The lowest BCUT2D eigenvalue weighted by molar-refractivity contribution is 0.282. The van der Waals surface area contributed by atoms with Crippen molar-refractivity contribution in [3.8, 4) is 0 Å². The summed E-state index contributed by atoms with van der Waals surface area (Å²) in [6.45, 7) is 1.28. The summed E-state index contributed by atoms with van der Waals surface area (Å²) in [6, 6.07) is 3.99. The highest BCUT2D eigenvalue weighted by molar-refractivity contribution is 7.92. The van der Waals surface area contributed by atoms with Gasteiger partial charge in [-0.25, -0.2) is 21.6 Å². The second-order valence-corrected chi connectivity index (χ2v) is 9.69. The van der Waals surface area contributed by atoms with Crippen molar-refractivity contribution in [3.05, 3.63) is 28.8 Å². The van der Waals surface area contributed by atoms with Crippen LogP contribution in [0.15, 0.2) is 23.1 Å². The van der Waals surface area contributed by atoms with Gasteiger partial charge in [0.05, 0.1) is 23.0 Å². The first-order valence-electron chi connectivity index (χ1n) is 6.21. The van der Waals surface area contributed by atoms with Crippen LogP contribution in [0.4, 0.5) is 0 Å². The Bertz CT molecular complexity index is 760. The molecule has 118 valence electrons. The molecule has 0 aliphatic carbocycles. The molecular weight excluding hydrogens is 338 g/mol. The smallest absolute Gasteiger partial charge is 0.241 e. The molecule has 1 heterocycles. The number of halogens is 1. The van der Waals surface area contributed by atoms with Gasteiger partial charge in [-0.1, -0.05) is 17.7 Å². The molecule has 0 amide bonds. The molecule has 0 aromatic heterocycles. The van der Waals surface area contributed by atoms with Crippen molar-refractivity contribution in [1.82, 2.24) is 4.72 Å². The molecular formula is C12H16ClNO5S2. The highest BCUT2D eigenvalue weighted by Gasteiger charge is 2.41. The summed E-state index contributed by atoms with van der Waals surface area (Å²) in [7, 11) is -7.09. The number of benzene rings is 1. The van der Waals surface area contributed by atoms with Crippen molar-refractivity contribution in [2.45, 2.75) is 30.4 Å². The normalized spacial score (nSPS) is 25.1. The van der Waals surface area contributed by atoms with E-state index in [1.165, 1.54) is 18.2 Å². The number of hydrogen-bond donors (Lipinski definition) is 2. The Morgan fingerprint density at radius 1 is 1.43 bits per heavy atom. The van der Waals surface area contributed by atoms with Crippen molar-refractivity contribution in [2.75, 3.05) is 11.5 Å². The summed E-state index contributed by atoms with van der Waals surface area (Å²) >= 11 is 5.88. The molecule has 1 unspecified atom stereocenters. The third kappa shape index (κ3) is 3.75. The van der Waals surface area contributed by atoms with Crippen molar-refractivity contribution in [3.63, 3.8) is 0 Å². The first kappa shape index (κ1) is 16.7. The van der Waals surface area contributed by atoms with Gasteiger partial charge in [0.1, 0.15) is 0 Å². The maximum Gasteiger partial charge on any atom is 0.241 e. The number of aliphatic hydroxyl groups is 1. The molecule has 9 heteroatoms. The molecule has 1 aliphatic rings. The van der Waals surface area contributed by atoms with E-state index >= 15 is 0 Å². The largest absolute Gasteiger partial charge is 0.392 e. The quantitative estimate of drug-likeness (QED) is 0.829. The summed E-state index contributed by atoms with van der Waals surface area (Å²) in [5.41, 5.74) is -0.593. The van der Waals surface area contributed by atoms with Gasteiger partial charge in [0.2, 0.25) is 10.0 Å². The predicted molar refractivity (Wildman–Crippen MR) is 79.4 cm³/mol. The molecule has 1 aromatic rings.